The van der Waals surface area contributed by atoms with Crippen molar-refractivity contribution in [3.8, 4) is 11.5 Å². The Morgan fingerprint density at radius 3 is 2.85 bits per heavy atom. The van der Waals surface area contributed by atoms with E-state index in [4.69, 9.17) is 5.73 Å². The molecule has 0 bridgehead atoms. The molecule has 0 radical (unpaired) electrons. The SMILES string of the molecule is CC(C)n1ccc(N)c2ncnc1-2. The van der Waals surface area contributed by atoms with Gasteiger partial charge in [0.25, 0.3) is 0 Å². The number of hydrogen-bond acceptors (Lipinski definition) is 3. The fourth-order valence-electron chi connectivity index (χ4n) is 1.38. The largest absolute Gasteiger partial charge is 0.397 e. The van der Waals surface area contributed by atoms with Crippen LogP contribution in [0.25, 0.3) is 11.5 Å². The molecule has 68 valence electrons. The maximum absolute atomic E-state index is 5.75. The van der Waals surface area contributed by atoms with E-state index in [1.54, 1.807) is 6.33 Å². The highest BCUT2D eigenvalue weighted by Crippen LogP contribution is 2.25. The molecule has 2 aliphatic heterocycles. The van der Waals surface area contributed by atoms with Crippen molar-refractivity contribution < 1.29 is 0 Å². The molecule has 2 N–H and O–H groups in total. The Morgan fingerprint density at radius 2 is 2.15 bits per heavy atom. The third kappa shape index (κ3) is 1.14. The highest BCUT2D eigenvalue weighted by molar-refractivity contribution is 5.68. The second-order valence-corrected chi connectivity index (χ2v) is 3.32. The molecule has 4 heteroatoms. The summed E-state index contributed by atoms with van der Waals surface area (Å²) in [6, 6.07) is 2.23. The number of pyridine rings is 1. The first kappa shape index (κ1) is 8.04. The quantitative estimate of drug-likeness (QED) is 0.717. The van der Waals surface area contributed by atoms with Crippen molar-refractivity contribution in [1.29, 1.82) is 0 Å². The molecular formula is C9H12N4. The number of imidazole rings is 1. The van der Waals surface area contributed by atoms with Gasteiger partial charge in [-0.2, -0.15) is 0 Å². The summed E-state index contributed by atoms with van der Waals surface area (Å²) in [5.74, 6) is 0.856. The Bertz CT molecular complexity index is 391. The standard InChI is InChI=1S/C9H12N4/c1-6(2)13-4-3-7(10)8-9(13)12-5-11-8/h3-6H,10H2,1-2H3. The summed E-state index contributed by atoms with van der Waals surface area (Å²) in [7, 11) is 0. The van der Waals surface area contributed by atoms with Gasteiger partial charge in [-0.3, -0.25) is 0 Å². The van der Waals surface area contributed by atoms with E-state index in [9.17, 15) is 0 Å². The summed E-state index contributed by atoms with van der Waals surface area (Å²) >= 11 is 0. The zero-order valence-corrected chi connectivity index (χ0v) is 7.73. The van der Waals surface area contributed by atoms with Crippen LogP contribution in [0.15, 0.2) is 18.6 Å². The van der Waals surface area contributed by atoms with Crippen LogP contribution in [0.2, 0.25) is 0 Å². The number of hydrogen-bond donors (Lipinski definition) is 1. The van der Waals surface area contributed by atoms with Gasteiger partial charge in [-0.15, -0.1) is 0 Å². The summed E-state index contributed by atoms with van der Waals surface area (Å²) in [5.41, 5.74) is 7.23. The normalized spacial score (nSPS) is 11.3. The van der Waals surface area contributed by atoms with Gasteiger partial charge in [0.05, 0.1) is 5.69 Å². The maximum atomic E-state index is 5.75. The Labute approximate surface area is 76.8 Å². The van der Waals surface area contributed by atoms with Gasteiger partial charge in [0, 0.05) is 12.2 Å². The molecule has 0 aromatic rings. The average Bonchev–Trinajstić information content (AvgIpc) is 2.53. The first-order valence-electron chi connectivity index (χ1n) is 4.27. The molecule has 2 heterocycles. The van der Waals surface area contributed by atoms with E-state index < -0.39 is 0 Å². The molecular weight excluding hydrogens is 164 g/mol. The summed E-state index contributed by atoms with van der Waals surface area (Å²) in [6.45, 7) is 4.20. The van der Waals surface area contributed by atoms with Crippen molar-refractivity contribution in [2.45, 2.75) is 19.9 Å². The molecule has 0 unspecified atom stereocenters. The summed E-state index contributed by atoms with van der Waals surface area (Å²) < 4.78 is 2.05. The Hall–Kier alpha value is -1.58. The van der Waals surface area contributed by atoms with Crippen LogP contribution >= 0.6 is 0 Å². The third-order valence-electron chi connectivity index (χ3n) is 2.07. The predicted octanol–water partition coefficient (Wildman–Crippen LogP) is 1.55. The smallest absolute Gasteiger partial charge is 0.162 e. The Morgan fingerprint density at radius 1 is 1.38 bits per heavy atom. The van der Waals surface area contributed by atoms with Crippen LogP contribution in [0.1, 0.15) is 19.9 Å². The van der Waals surface area contributed by atoms with E-state index in [0.29, 0.717) is 11.7 Å². The van der Waals surface area contributed by atoms with Gasteiger partial charge in [-0.1, -0.05) is 0 Å². The Kier molecular flexibility index (Phi) is 1.69. The molecule has 0 aromatic heterocycles. The lowest BCUT2D eigenvalue weighted by Gasteiger charge is -2.15. The number of fused-ring (bicyclic) bond motifs is 1. The summed E-state index contributed by atoms with van der Waals surface area (Å²) in [4.78, 5) is 8.28. The van der Waals surface area contributed by atoms with Gasteiger partial charge in [0.15, 0.2) is 5.82 Å². The number of aromatic nitrogens is 3. The van der Waals surface area contributed by atoms with Crippen LogP contribution in [0.4, 0.5) is 5.69 Å². The number of nitrogens with two attached hydrogens (primary N) is 1. The van der Waals surface area contributed by atoms with Crippen LogP contribution in [0.3, 0.4) is 0 Å². The van der Waals surface area contributed by atoms with Gasteiger partial charge in [-0.25, -0.2) is 9.97 Å². The van der Waals surface area contributed by atoms with Crippen molar-refractivity contribution in [3.05, 3.63) is 18.6 Å². The van der Waals surface area contributed by atoms with Crippen LogP contribution in [0, 0.1) is 0 Å². The van der Waals surface area contributed by atoms with E-state index in [-0.39, 0.29) is 0 Å². The average molecular weight is 176 g/mol. The lowest BCUT2D eigenvalue weighted by Crippen LogP contribution is -2.07. The zero-order chi connectivity index (χ0) is 9.42. The van der Waals surface area contributed by atoms with Crippen LogP contribution < -0.4 is 5.73 Å². The van der Waals surface area contributed by atoms with Gasteiger partial charge < -0.3 is 10.3 Å². The van der Waals surface area contributed by atoms with Crippen LogP contribution in [-0.2, 0) is 0 Å². The zero-order valence-electron chi connectivity index (χ0n) is 7.73. The lowest BCUT2D eigenvalue weighted by molar-refractivity contribution is 0.596. The van der Waals surface area contributed by atoms with Crippen LogP contribution in [0.5, 0.6) is 0 Å². The molecule has 0 atom stereocenters. The van der Waals surface area contributed by atoms with E-state index in [1.807, 2.05) is 12.3 Å². The molecule has 0 spiro atoms. The third-order valence-corrected chi connectivity index (χ3v) is 2.07. The summed E-state index contributed by atoms with van der Waals surface area (Å²) in [6.07, 6.45) is 3.48. The number of rotatable bonds is 1. The minimum atomic E-state index is 0.375. The van der Waals surface area contributed by atoms with Gasteiger partial charge >= 0.3 is 0 Å². The van der Waals surface area contributed by atoms with Crippen molar-refractivity contribution in [1.82, 2.24) is 14.5 Å². The molecule has 0 fully saturated rings. The van der Waals surface area contributed by atoms with E-state index in [0.717, 1.165) is 11.5 Å². The number of nitrogens with zero attached hydrogens (tertiary/aromatic N) is 3. The molecule has 4 nitrogen and oxygen atoms in total. The van der Waals surface area contributed by atoms with E-state index in [1.165, 1.54) is 0 Å². The first-order valence-corrected chi connectivity index (χ1v) is 4.27. The fraction of sp³-hybridized carbons (Fsp3) is 0.333. The minimum absolute atomic E-state index is 0.375. The van der Waals surface area contributed by atoms with Crippen molar-refractivity contribution in [2.75, 3.05) is 5.73 Å². The summed E-state index contributed by atoms with van der Waals surface area (Å²) in [5, 5.41) is 0. The minimum Gasteiger partial charge on any atom is -0.397 e. The second kappa shape index (κ2) is 2.73. The molecule has 0 amide bonds. The number of nitrogen functional groups attached to an aromatic ring is 1. The van der Waals surface area contributed by atoms with Gasteiger partial charge in [-0.05, 0) is 19.9 Å². The van der Waals surface area contributed by atoms with E-state index in [2.05, 4.69) is 28.4 Å². The highest BCUT2D eigenvalue weighted by atomic mass is 15.1. The van der Waals surface area contributed by atoms with Crippen molar-refractivity contribution in [3.63, 3.8) is 0 Å². The molecule has 2 aliphatic rings. The molecule has 0 saturated carbocycles. The lowest BCUT2D eigenvalue weighted by atomic mass is 10.2. The van der Waals surface area contributed by atoms with Crippen molar-refractivity contribution >= 4 is 5.69 Å². The first-order chi connectivity index (χ1) is 6.20. The maximum Gasteiger partial charge on any atom is 0.162 e. The van der Waals surface area contributed by atoms with E-state index >= 15 is 0 Å². The molecule has 0 saturated heterocycles. The highest BCUT2D eigenvalue weighted by Gasteiger charge is 2.14. The number of anilines is 1. The van der Waals surface area contributed by atoms with Crippen LogP contribution in [-0.4, -0.2) is 14.5 Å². The Balaban J connectivity index is 2.68. The van der Waals surface area contributed by atoms with Gasteiger partial charge in [0.1, 0.15) is 12.0 Å². The van der Waals surface area contributed by atoms with Gasteiger partial charge in [0.2, 0.25) is 0 Å². The monoisotopic (exact) mass is 176 g/mol. The molecule has 13 heavy (non-hydrogen) atoms. The predicted molar refractivity (Wildman–Crippen MR) is 51.4 cm³/mol. The fourth-order valence-corrected chi connectivity index (χ4v) is 1.38. The second-order valence-electron chi connectivity index (χ2n) is 3.32. The molecule has 0 aliphatic carbocycles. The van der Waals surface area contributed by atoms with Crippen molar-refractivity contribution in [2.24, 2.45) is 0 Å². The topological polar surface area (TPSA) is 56.7 Å². The molecule has 0 aromatic carbocycles. The molecule has 2 rings (SSSR count).